The second-order valence-electron chi connectivity index (χ2n) is 7.82. The first kappa shape index (κ1) is 19.3. The first-order valence-corrected chi connectivity index (χ1v) is 9.95. The Labute approximate surface area is 162 Å². The molecule has 1 aliphatic heterocycles. The van der Waals surface area contributed by atoms with E-state index in [-0.39, 0.29) is 11.9 Å². The predicted octanol–water partition coefficient (Wildman–Crippen LogP) is 4.09. The molecule has 144 valence electrons. The van der Waals surface area contributed by atoms with Crippen molar-refractivity contribution >= 4 is 11.9 Å². The zero-order valence-electron chi connectivity index (χ0n) is 16.6. The Morgan fingerprint density at radius 3 is 2.70 bits per heavy atom. The molecule has 1 atom stereocenters. The van der Waals surface area contributed by atoms with Gasteiger partial charge in [-0.15, -0.1) is 0 Å². The fraction of sp³-hybridized carbons (Fsp3) is 0.500. The third kappa shape index (κ3) is 5.28. The van der Waals surface area contributed by atoms with Crippen LogP contribution in [0.2, 0.25) is 0 Å². The maximum absolute atomic E-state index is 12.8. The summed E-state index contributed by atoms with van der Waals surface area (Å²) < 4.78 is 0. The second kappa shape index (κ2) is 8.98. The van der Waals surface area contributed by atoms with Crippen LogP contribution < -0.4 is 5.32 Å². The van der Waals surface area contributed by atoms with E-state index in [2.05, 4.69) is 46.5 Å². The molecule has 0 saturated carbocycles. The number of carbonyl (C=O) groups excluding carboxylic acids is 1. The van der Waals surface area contributed by atoms with E-state index in [1.165, 1.54) is 17.5 Å². The van der Waals surface area contributed by atoms with Crippen LogP contribution in [0.15, 0.2) is 36.7 Å². The van der Waals surface area contributed by atoms with Crippen molar-refractivity contribution < 1.29 is 4.79 Å². The Morgan fingerprint density at radius 2 is 2.00 bits per heavy atom. The van der Waals surface area contributed by atoms with Crippen molar-refractivity contribution in [3.8, 4) is 0 Å². The summed E-state index contributed by atoms with van der Waals surface area (Å²) in [6.45, 7) is 7.90. The fourth-order valence-electron chi connectivity index (χ4n) is 3.69. The summed E-state index contributed by atoms with van der Waals surface area (Å²) >= 11 is 0. The lowest BCUT2D eigenvalue weighted by Crippen LogP contribution is -2.40. The first-order valence-electron chi connectivity index (χ1n) is 9.95. The van der Waals surface area contributed by atoms with E-state index in [1.807, 2.05) is 18.7 Å². The first-order chi connectivity index (χ1) is 13.0. The molecule has 5 nitrogen and oxygen atoms in total. The normalized spacial score (nSPS) is 17.2. The van der Waals surface area contributed by atoms with Crippen LogP contribution in [0.3, 0.4) is 0 Å². The zero-order valence-corrected chi connectivity index (χ0v) is 16.6. The van der Waals surface area contributed by atoms with Gasteiger partial charge in [0.2, 0.25) is 5.95 Å². The zero-order chi connectivity index (χ0) is 19.2. The Balaban J connectivity index is 1.57. The van der Waals surface area contributed by atoms with Crippen molar-refractivity contribution in [2.45, 2.75) is 52.5 Å². The van der Waals surface area contributed by atoms with E-state index in [9.17, 15) is 4.79 Å². The molecule has 2 aromatic rings. The summed E-state index contributed by atoms with van der Waals surface area (Å²) in [5.74, 6) is 1.17. The number of aryl methyl sites for hydroxylation is 2. The summed E-state index contributed by atoms with van der Waals surface area (Å²) in [5.41, 5.74) is 3.35. The van der Waals surface area contributed by atoms with Crippen LogP contribution >= 0.6 is 0 Å². The van der Waals surface area contributed by atoms with Crippen LogP contribution in [0.25, 0.3) is 0 Å². The van der Waals surface area contributed by atoms with Gasteiger partial charge in [-0.3, -0.25) is 4.79 Å². The average Bonchev–Trinajstić information content (AvgIpc) is 2.67. The van der Waals surface area contributed by atoms with E-state index < -0.39 is 0 Å². The second-order valence-corrected chi connectivity index (χ2v) is 7.82. The Kier molecular flexibility index (Phi) is 6.43. The number of rotatable bonds is 6. The number of benzene rings is 1. The molecule has 1 saturated heterocycles. The molecule has 1 amide bonds. The number of hydrogen-bond donors (Lipinski definition) is 1. The molecular formula is C22H30N4O. The number of amides is 1. The number of nitrogens with zero attached hydrogens (tertiary/aromatic N) is 3. The quantitative estimate of drug-likeness (QED) is 0.836. The summed E-state index contributed by atoms with van der Waals surface area (Å²) in [7, 11) is 0. The number of piperidine rings is 1. The lowest BCUT2D eigenvalue weighted by atomic mass is 9.90. The number of carbonyl (C=O) groups is 1. The van der Waals surface area contributed by atoms with Gasteiger partial charge in [-0.05, 0) is 63.5 Å². The third-order valence-corrected chi connectivity index (χ3v) is 5.21. The number of aromatic nitrogens is 2. The largest absolute Gasteiger partial charge is 0.352 e. The highest BCUT2D eigenvalue weighted by Gasteiger charge is 2.25. The van der Waals surface area contributed by atoms with Gasteiger partial charge in [0.1, 0.15) is 0 Å². The van der Waals surface area contributed by atoms with Gasteiger partial charge in [-0.25, -0.2) is 9.97 Å². The molecule has 0 aliphatic carbocycles. The minimum Gasteiger partial charge on any atom is -0.352 e. The molecule has 0 radical (unpaired) electrons. The Hall–Kier alpha value is -2.43. The topological polar surface area (TPSA) is 58.1 Å². The third-order valence-electron chi connectivity index (χ3n) is 5.21. The summed E-state index contributed by atoms with van der Waals surface area (Å²) in [4.78, 5) is 23.3. The molecule has 1 aliphatic rings. The molecule has 1 fully saturated rings. The molecule has 1 aromatic heterocycles. The summed E-state index contributed by atoms with van der Waals surface area (Å²) in [6.07, 6.45) is 7.75. The maximum Gasteiger partial charge on any atom is 0.257 e. The van der Waals surface area contributed by atoms with Crippen LogP contribution in [0, 0.1) is 12.8 Å². The van der Waals surface area contributed by atoms with Crippen LogP contribution in [0.5, 0.6) is 0 Å². The number of anilines is 1. The van der Waals surface area contributed by atoms with Crippen molar-refractivity contribution in [1.82, 2.24) is 14.9 Å². The maximum atomic E-state index is 12.8. The Bertz CT molecular complexity index is 757. The molecule has 0 unspecified atom stereocenters. The van der Waals surface area contributed by atoms with Gasteiger partial charge in [0, 0.05) is 31.5 Å². The molecule has 2 heterocycles. The Morgan fingerprint density at radius 1 is 1.26 bits per heavy atom. The van der Waals surface area contributed by atoms with E-state index in [0.717, 1.165) is 32.4 Å². The average molecular weight is 367 g/mol. The van der Waals surface area contributed by atoms with Crippen LogP contribution in [-0.4, -0.2) is 39.9 Å². The van der Waals surface area contributed by atoms with Gasteiger partial charge in [-0.1, -0.05) is 24.3 Å². The van der Waals surface area contributed by atoms with Gasteiger partial charge in [-0.2, -0.15) is 0 Å². The fourth-order valence-corrected chi connectivity index (χ4v) is 3.69. The summed E-state index contributed by atoms with van der Waals surface area (Å²) in [6, 6.07) is 8.85. The van der Waals surface area contributed by atoms with Crippen molar-refractivity contribution in [3.05, 3.63) is 53.3 Å². The van der Waals surface area contributed by atoms with Gasteiger partial charge >= 0.3 is 0 Å². The van der Waals surface area contributed by atoms with Crippen molar-refractivity contribution in [2.75, 3.05) is 18.4 Å². The minimum atomic E-state index is 0.0479. The van der Waals surface area contributed by atoms with Gasteiger partial charge in [0.15, 0.2) is 0 Å². The van der Waals surface area contributed by atoms with Gasteiger partial charge in [0.05, 0.1) is 5.56 Å². The molecule has 27 heavy (non-hydrogen) atoms. The van der Waals surface area contributed by atoms with Crippen LogP contribution in [0.1, 0.15) is 54.6 Å². The van der Waals surface area contributed by atoms with Crippen LogP contribution in [-0.2, 0) is 6.42 Å². The lowest BCUT2D eigenvalue weighted by Gasteiger charge is -2.33. The van der Waals surface area contributed by atoms with Gasteiger partial charge in [0.25, 0.3) is 5.91 Å². The van der Waals surface area contributed by atoms with Crippen LogP contribution in [0.4, 0.5) is 5.95 Å². The van der Waals surface area contributed by atoms with E-state index in [1.54, 1.807) is 12.4 Å². The van der Waals surface area contributed by atoms with Crippen molar-refractivity contribution in [3.63, 3.8) is 0 Å². The lowest BCUT2D eigenvalue weighted by molar-refractivity contribution is 0.0667. The molecule has 5 heteroatoms. The number of likely N-dealkylation sites (tertiary alicyclic amines) is 1. The molecule has 1 N–H and O–H groups in total. The summed E-state index contributed by atoms with van der Waals surface area (Å²) in [5, 5.41) is 3.15. The molecule has 1 aromatic carbocycles. The number of nitrogens with one attached hydrogen (secondary N) is 1. The van der Waals surface area contributed by atoms with E-state index in [4.69, 9.17) is 0 Å². The van der Waals surface area contributed by atoms with Gasteiger partial charge < -0.3 is 10.2 Å². The highest BCUT2D eigenvalue weighted by Crippen LogP contribution is 2.23. The molecular weight excluding hydrogens is 336 g/mol. The highest BCUT2D eigenvalue weighted by molar-refractivity contribution is 5.93. The number of hydrogen-bond acceptors (Lipinski definition) is 4. The van der Waals surface area contributed by atoms with E-state index >= 15 is 0 Å². The van der Waals surface area contributed by atoms with Crippen molar-refractivity contribution in [1.29, 1.82) is 0 Å². The predicted molar refractivity (Wildman–Crippen MR) is 109 cm³/mol. The SMILES string of the molecule is Cc1ccccc1CC[C@@H]1CCCN(C(=O)c2cnc(NC(C)C)nc2)C1. The highest BCUT2D eigenvalue weighted by atomic mass is 16.2. The minimum absolute atomic E-state index is 0.0479. The molecule has 3 rings (SSSR count). The standard InChI is InChI=1S/C22H30N4O/c1-16(2)25-22-23-13-20(14-24-22)21(27)26-12-6-8-18(15-26)10-11-19-9-5-4-7-17(19)3/h4-5,7,9,13-14,16,18H,6,8,10-12,15H2,1-3H3,(H,23,24,25)/t18-/m0/s1. The smallest absolute Gasteiger partial charge is 0.257 e. The molecule has 0 bridgehead atoms. The molecule has 0 spiro atoms. The van der Waals surface area contributed by atoms with Crippen molar-refractivity contribution in [2.24, 2.45) is 5.92 Å². The monoisotopic (exact) mass is 366 g/mol. The van der Waals surface area contributed by atoms with E-state index in [0.29, 0.717) is 17.4 Å².